The first-order valence-electron chi connectivity index (χ1n) is 16.3. The molecule has 1 fully saturated rings. The third-order valence-electron chi connectivity index (χ3n) is 7.23. The van der Waals surface area contributed by atoms with Crippen LogP contribution in [-0.2, 0) is 43.0 Å². The molecule has 1 aliphatic heterocycles. The largest absolute Gasteiger partial charge is 0.480 e. The minimum Gasteiger partial charge on any atom is -0.480 e. The number of hydrogen-bond donors (Lipinski definition) is 11. The number of carbonyl (C=O) groups excluding carboxylic acids is 4. The van der Waals surface area contributed by atoms with Crippen molar-refractivity contribution in [2.24, 2.45) is 46.2 Å². The molecule has 20 heteroatoms. The minimum atomic E-state index is -1.32. The topological polar surface area (TPSA) is 375 Å². The van der Waals surface area contributed by atoms with E-state index in [4.69, 9.17) is 59.5 Å². The second-order valence-electron chi connectivity index (χ2n) is 12.2. The molecule has 0 aromatic carbocycles. The Morgan fingerprint density at radius 2 is 1.48 bits per heavy atom. The molecule has 1 rings (SSSR count). The summed E-state index contributed by atoms with van der Waals surface area (Å²) in [6.07, 6.45) is 2.82. The highest BCUT2D eigenvalue weighted by molar-refractivity contribution is 5.91. The molecule has 50 heavy (non-hydrogen) atoms. The SMILES string of the molecule is CC(C)C[C@H](N)C(=O)O[C@H](C)[C@H](N)C(=O)O.CC[C@H](C)[C@H](N)C(=O)OC(=O)[C@@H](N)COC(=O)[C@@H](N)CCCNC(=N)N.O=C(O)[C@@H]1CCCN1. The quantitative estimate of drug-likeness (QED) is 0.0173. The summed E-state index contributed by atoms with van der Waals surface area (Å²) in [4.78, 5) is 67.3. The van der Waals surface area contributed by atoms with Crippen LogP contribution in [0.25, 0.3) is 0 Å². The lowest BCUT2D eigenvalue weighted by Crippen LogP contribution is -2.45. The minimum absolute atomic E-state index is 0.153. The first-order chi connectivity index (χ1) is 23.2. The number of nitrogens with two attached hydrogens (primary N) is 6. The van der Waals surface area contributed by atoms with Crippen molar-refractivity contribution in [3.8, 4) is 0 Å². The van der Waals surface area contributed by atoms with Gasteiger partial charge in [0.2, 0.25) is 0 Å². The molecule has 0 spiro atoms. The predicted octanol–water partition coefficient (Wildman–Crippen LogP) is -2.58. The van der Waals surface area contributed by atoms with Gasteiger partial charge in [-0.1, -0.05) is 34.1 Å². The van der Waals surface area contributed by atoms with Crippen LogP contribution in [-0.4, -0.2) is 114 Å². The molecule has 20 nitrogen and oxygen atoms in total. The number of guanidine groups is 1. The maximum Gasteiger partial charge on any atom is 0.334 e. The number of nitrogens with one attached hydrogen (secondary N) is 3. The molecule has 290 valence electrons. The van der Waals surface area contributed by atoms with Gasteiger partial charge in [-0.2, -0.15) is 0 Å². The zero-order valence-electron chi connectivity index (χ0n) is 29.6. The Kier molecular flexibility index (Phi) is 25.0. The molecule has 0 aromatic rings. The monoisotopic (exact) mass is 721 g/mol. The van der Waals surface area contributed by atoms with Gasteiger partial charge in [-0.05, 0) is 57.4 Å². The second kappa shape index (κ2) is 25.9. The van der Waals surface area contributed by atoms with Crippen LogP contribution in [0.3, 0.4) is 0 Å². The molecule has 1 saturated heterocycles. The summed E-state index contributed by atoms with van der Waals surface area (Å²) in [5.74, 6) is -5.24. The summed E-state index contributed by atoms with van der Waals surface area (Å²) in [7, 11) is 0. The third kappa shape index (κ3) is 21.9. The van der Waals surface area contributed by atoms with Gasteiger partial charge in [0, 0.05) is 6.54 Å². The Labute approximate surface area is 292 Å². The molecule has 0 aromatic heterocycles. The molecule has 0 radical (unpaired) electrons. The van der Waals surface area contributed by atoms with Crippen LogP contribution in [0.5, 0.6) is 0 Å². The van der Waals surface area contributed by atoms with E-state index in [9.17, 15) is 28.8 Å². The van der Waals surface area contributed by atoms with Crippen molar-refractivity contribution in [2.45, 2.75) is 115 Å². The molecule has 1 heterocycles. The summed E-state index contributed by atoms with van der Waals surface area (Å²) >= 11 is 0. The van der Waals surface area contributed by atoms with Crippen LogP contribution in [0, 0.1) is 17.2 Å². The lowest BCUT2D eigenvalue weighted by Gasteiger charge is -2.20. The van der Waals surface area contributed by atoms with Crippen molar-refractivity contribution >= 4 is 41.8 Å². The molecule has 0 unspecified atom stereocenters. The number of carbonyl (C=O) groups is 6. The maximum atomic E-state index is 11.7. The first kappa shape index (κ1) is 48.2. The van der Waals surface area contributed by atoms with Gasteiger partial charge in [-0.3, -0.25) is 24.6 Å². The number of ether oxygens (including phenoxy) is 3. The van der Waals surface area contributed by atoms with Crippen LogP contribution < -0.4 is 45.0 Å². The second-order valence-corrected chi connectivity index (χ2v) is 12.2. The number of carboxylic acid groups (broad SMARTS) is 2. The molecule has 0 amide bonds. The highest BCUT2D eigenvalue weighted by Crippen LogP contribution is 2.08. The molecule has 0 bridgehead atoms. The van der Waals surface area contributed by atoms with E-state index in [2.05, 4.69) is 15.4 Å². The predicted molar refractivity (Wildman–Crippen MR) is 182 cm³/mol. The van der Waals surface area contributed by atoms with E-state index in [1.165, 1.54) is 6.92 Å². The van der Waals surface area contributed by atoms with E-state index in [-0.39, 0.29) is 23.8 Å². The zero-order valence-corrected chi connectivity index (χ0v) is 29.6. The standard InChI is InChI=1S/C15H30N6O5.C10H20N2O4.C5H9NO2/c1-3-8(2)11(18)14(24)26-13(23)10(17)7-25-12(22)9(16)5-4-6-21-15(19)20;1-5(2)4-7(11)10(15)16-6(3)8(12)9(13)14;7-5(8)4-2-1-3-6-4/h8-11H,3-7,16-18H2,1-2H3,(H4,19,20,21);5-8H,4,11-12H2,1-3H3,(H,13,14);4,6H,1-3H2,(H,7,8)/t8-,9-,10-,11-;6-,7+,8+;4-/m010/s1. The fourth-order valence-corrected chi connectivity index (χ4v) is 3.78. The van der Waals surface area contributed by atoms with E-state index >= 15 is 0 Å². The van der Waals surface area contributed by atoms with E-state index in [1.807, 2.05) is 20.8 Å². The fourth-order valence-electron chi connectivity index (χ4n) is 3.78. The van der Waals surface area contributed by atoms with Gasteiger partial charge >= 0.3 is 35.8 Å². The Hall–Kier alpha value is -3.95. The van der Waals surface area contributed by atoms with Crippen LogP contribution >= 0.6 is 0 Å². The Balaban J connectivity index is 0. The molecule has 0 saturated carbocycles. The van der Waals surface area contributed by atoms with Crippen molar-refractivity contribution in [2.75, 3.05) is 19.7 Å². The summed E-state index contributed by atoms with van der Waals surface area (Å²) in [6, 6.07) is -5.39. The number of carboxylic acids is 2. The van der Waals surface area contributed by atoms with Crippen molar-refractivity contribution in [1.82, 2.24) is 10.6 Å². The lowest BCUT2D eigenvalue weighted by atomic mass is 10.0. The molecule has 0 aliphatic carbocycles. The van der Waals surface area contributed by atoms with Gasteiger partial charge in [0.15, 0.2) is 5.96 Å². The molecule has 1 aliphatic rings. The van der Waals surface area contributed by atoms with E-state index in [1.54, 1.807) is 6.92 Å². The summed E-state index contributed by atoms with van der Waals surface area (Å²) in [5, 5.41) is 29.4. The summed E-state index contributed by atoms with van der Waals surface area (Å²) in [5.41, 5.74) is 32.8. The van der Waals surface area contributed by atoms with Crippen molar-refractivity contribution in [3.05, 3.63) is 0 Å². The fraction of sp³-hybridized carbons (Fsp3) is 0.767. The van der Waals surface area contributed by atoms with E-state index < -0.39 is 78.7 Å². The Bertz CT molecular complexity index is 1090. The van der Waals surface area contributed by atoms with Crippen LogP contribution in [0.4, 0.5) is 0 Å². The molecule has 8 atom stereocenters. The summed E-state index contributed by atoms with van der Waals surface area (Å²) < 4.78 is 14.3. The van der Waals surface area contributed by atoms with Gasteiger partial charge in [0.05, 0.1) is 0 Å². The Morgan fingerprint density at radius 3 is 1.92 bits per heavy atom. The van der Waals surface area contributed by atoms with Crippen molar-refractivity contribution in [3.63, 3.8) is 0 Å². The van der Waals surface area contributed by atoms with Crippen molar-refractivity contribution < 1.29 is 53.2 Å². The highest BCUT2D eigenvalue weighted by Gasteiger charge is 2.28. The highest BCUT2D eigenvalue weighted by atomic mass is 16.6. The Morgan fingerprint density at radius 1 is 0.880 bits per heavy atom. The van der Waals surface area contributed by atoms with Gasteiger partial charge in [-0.25, -0.2) is 9.59 Å². The number of rotatable bonds is 18. The zero-order chi connectivity index (χ0) is 39.1. The van der Waals surface area contributed by atoms with E-state index in [0.717, 1.165) is 19.4 Å². The van der Waals surface area contributed by atoms with Crippen LogP contribution in [0.2, 0.25) is 0 Å². The lowest BCUT2D eigenvalue weighted by molar-refractivity contribution is -0.164. The third-order valence-corrected chi connectivity index (χ3v) is 7.23. The van der Waals surface area contributed by atoms with Gasteiger partial charge in [-0.15, -0.1) is 0 Å². The number of hydrogen-bond acceptors (Lipinski definition) is 16. The first-order valence-corrected chi connectivity index (χ1v) is 16.3. The van der Waals surface area contributed by atoms with Crippen LogP contribution in [0.1, 0.15) is 73.1 Å². The molecular formula is C30H59N9O11. The number of esters is 4. The molecule has 17 N–H and O–H groups in total. The summed E-state index contributed by atoms with van der Waals surface area (Å²) in [6.45, 7) is 9.67. The maximum absolute atomic E-state index is 11.7. The van der Waals surface area contributed by atoms with Gasteiger partial charge in [0.25, 0.3) is 0 Å². The molecular weight excluding hydrogens is 662 g/mol. The average Bonchev–Trinajstić information content (AvgIpc) is 3.60. The van der Waals surface area contributed by atoms with Gasteiger partial charge in [0.1, 0.15) is 49.0 Å². The smallest absolute Gasteiger partial charge is 0.334 e. The normalized spacial score (nSPS) is 17.8. The van der Waals surface area contributed by atoms with Crippen molar-refractivity contribution in [1.29, 1.82) is 5.41 Å². The van der Waals surface area contributed by atoms with E-state index in [0.29, 0.717) is 32.2 Å². The van der Waals surface area contributed by atoms with Gasteiger partial charge < -0.3 is 69.5 Å². The number of aliphatic carboxylic acids is 2. The van der Waals surface area contributed by atoms with Crippen LogP contribution in [0.15, 0.2) is 0 Å². The average molecular weight is 722 g/mol.